The monoisotopic (exact) mass is 505 g/mol. The largest absolute Gasteiger partial charge is 0.326 e. The molecule has 0 aromatic heterocycles. The lowest BCUT2D eigenvalue weighted by molar-refractivity contribution is -0.116. The highest BCUT2D eigenvalue weighted by molar-refractivity contribution is 7.89. The summed E-state index contributed by atoms with van der Waals surface area (Å²) in [6, 6.07) is 19.0. The Bertz CT molecular complexity index is 1250. The minimum Gasteiger partial charge on any atom is -0.326 e. The van der Waals surface area contributed by atoms with Crippen molar-refractivity contribution in [3.05, 3.63) is 88.4 Å². The Morgan fingerprint density at radius 3 is 2.03 bits per heavy atom. The lowest BCUT2D eigenvalue weighted by Crippen LogP contribution is -2.37. The van der Waals surface area contributed by atoms with E-state index in [9.17, 15) is 18.0 Å². The van der Waals surface area contributed by atoms with Gasteiger partial charge in [0.2, 0.25) is 21.8 Å². The maximum atomic E-state index is 13.3. The third kappa shape index (κ3) is 7.03. The van der Waals surface area contributed by atoms with Gasteiger partial charge in [-0.2, -0.15) is 4.31 Å². The molecular weight excluding hydrogens is 485 g/mol. The van der Waals surface area contributed by atoms with Crippen molar-refractivity contribution in [1.82, 2.24) is 4.31 Å². The summed E-state index contributed by atoms with van der Waals surface area (Å²) in [6.45, 7) is 0.913. The molecular formula is C23H21Cl2N3O4S. The van der Waals surface area contributed by atoms with Crippen LogP contribution in [0.4, 0.5) is 11.4 Å². The summed E-state index contributed by atoms with van der Waals surface area (Å²) in [4.78, 5) is 23.9. The van der Waals surface area contributed by atoms with Crippen LogP contribution in [0, 0.1) is 0 Å². The standard InChI is InChI=1S/C23H21Cl2N3O4S/c1-16(29)26-20-7-9-21(10-8-20)27-23(30)15-28(14-17-3-2-4-19(25)13-17)33(31,32)22-11-5-18(24)6-12-22/h2-13H,14-15H2,1H3,(H,26,29)(H,27,30). The van der Waals surface area contributed by atoms with Crippen LogP contribution >= 0.6 is 23.2 Å². The summed E-state index contributed by atoms with van der Waals surface area (Å²) in [5, 5.41) is 6.17. The fraction of sp³-hybridized carbons (Fsp3) is 0.130. The van der Waals surface area contributed by atoms with E-state index in [1.807, 2.05) is 0 Å². The minimum absolute atomic E-state index is 0.0152. The molecule has 33 heavy (non-hydrogen) atoms. The summed E-state index contributed by atoms with van der Waals surface area (Å²) in [5.41, 5.74) is 1.67. The summed E-state index contributed by atoms with van der Waals surface area (Å²) in [6.07, 6.45) is 0. The molecule has 0 bridgehead atoms. The zero-order valence-corrected chi connectivity index (χ0v) is 19.9. The van der Waals surface area contributed by atoms with Gasteiger partial charge in [0.25, 0.3) is 0 Å². The van der Waals surface area contributed by atoms with Crippen LogP contribution in [0.2, 0.25) is 10.0 Å². The lowest BCUT2D eigenvalue weighted by atomic mass is 10.2. The molecule has 0 aliphatic heterocycles. The number of sulfonamides is 1. The number of rotatable bonds is 8. The normalized spacial score (nSPS) is 11.3. The molecule has 2 N–H and O–H groups in total. The van der Waals surface area contributed by atoms with Gasteiger partial charge in [-0.25, -0.2) is 8.42 Å². The Hall–Kier alpha value is -2.91. The highest BCUT2D eigenvalue weighted by atomic mass is 35.5. The molecule has 0 saturated heterocycles. The van der Waals surface area contributed by atoms with Gasteiger partial charge >= 0.3 is 0 Å². The van der Waals surface area contributed by atoms with E-state index in [1.165, 1.54) is 31.2 Å². The number of nitrogens with zero attached hydrogens (tertiary/aromatic N) is 1. The molecule has 0 unspecified atom stereocenters. The van der Waals surface area contributed by atoms with E-state index >= 15 is 0 Å². The average Bonchev–Trinajstić information content (AvgIpc) is 2.74. The van der Waals surface area contributed by atoms with Crippen LogP contribution in [-0.4, -0.2) is 31.1 Å². The van der Waals surface area contributed by atoms with Gasteiger partial charge in [0, 0.05) is 34.9 Å². The number of hydrogen-bond acceptors (Lipinski definition) is 4. The molecule has 3 rings (SSSR count). The molecule has 3 aromatic carbocycles. The van der Waals surface area contributed by atoms with Crippen molar-refractivity contribution in [2.45, 2.75) is 18.4 Å². The van der Waals surface area contributed by atoms with Crippen LogP contribution < -0.4 is 10.6 Å². The van der Waals surface area contributed by atoms with Crippen LogP contribution in [-0.2, 0) is 26.2 Å². The fourth-order valence-electron chi connectivity index (χ4n) is 3.02. The molecule has 3 aromatic rings. The minimum atomic E-state index is -4.01. The number of benzene rings is 3. The van der Waals surface area contributed by atoms with Gasteiger partial charge in [-0.1, -0.05) is 35.3 Å². The second-order valence-corrected chi connectivity index (χ2v) is 9.97. The van der Waals surface area contributed by atoms with E-state index in [0.29, 0.717) is 27.0 Å². The molecule has 0 fully saturated rings. The first-order valence-corrected chi connectivity index (χ1v) is 12.0. The summed E-state index contributed by atoms with van der Waals surface area (Å²) in [5.74, 6) is -0.738. The van der Waals surface area contributed by atoms with Crippen LogP contribution in [0.25, 0.3) is 0 Å². The molecule has 2 amide bonds. The molecule has 0 saturated carbocycles. The Morgan fingerprint density at radius 1 is 0.848 bits per heavy atom. The molecule has 0 spiro atoms. The maximum absolute atomic E-state index is 13.3. The molecule has 10 heteroatoms. The Morgan fingerprint density at radius 2 is 1.45 bits per heavy atom. The smallest absolute Gasteiger partial charge is 0.243 e. The fourth-order valence-corrected chi connectivity index (χ4v) is 4.74. The van der Waals surface area contributed by atoms with Crippen molar-refractivity contribution in [3.63, 3.8) is 0 Å². The van der Waals surface area contributed by atoms with Gasteiger partial charge in [0.15, 0.2) is 0 Å². The second-order valence-electron chi connectivity index (χ2n) is 7.16. The second kappa shape index (κ2) is 10.8. The predicted octanol–water partition coefficient (Wildman–Crippen LogP) is 4.78. The molecule has 0 atom stereocenters. The number of carbonyl (C=O) groups excluding carboxylic acids is 2. The van der Waals surface area contributed by atoms with Gasteiger partial charge in [-0.3, -0.25) is 9.59 Å². The van der Waals surface area contributed by atoms with Crippen molar-refractivity contribution in [1.29, 1.82) is 0 Å². The van der Waals surface area contributed by atoms with Gasteiger partial charge < -0.3 is 10.6 Å². The van der Waals surface area contributed by atoms with Gasteiger partial charge in [0.1, 0.15) is 0 Å². The maximum Gasteiger partial charge on any atom is 0.243 e. The zero-order chi connectivity index (χ0) is 24.0. The SMILES string of the molecule is CC(=O)Nc1ccc(NC(=O)CN(Cc2cccc(Cl)c2)S(=O)(=O)c2ccc(Cl)cc2)cc1. The van der Waals surface area contributed by atoms with Crippen molar-refractivity contribution in [2.24, 2.45) is 0 Å². The number of nitrogens with one attached hydrogen (secondary N) is 2. The number of anilines is 2. The summed E-state index contributed by atoms with van der Waals surface area (Å²) < 4.78 is 27.7. The Kier molecular flexibility index (Phi) is 8.10. The molecule has 0 aliphatic carbocycles. The lowest BCUT2D eigenvalue weighted by Gasteiger charge is -2.22. The van der Waals surface area contributed by atoms with Crippen molar-refractivity contribution in [2.75, 3.05) is 17.2 Å². The van der Waals surface area contributed by atoms with Gasteiger partial charge in [0.05, 0.1) is 11.4 Å². The van der Waals surface area contributed by atoms with Gasteiger partial charge in [-0.05, 0) is 66.2 Å². The number of halogens is 2. The van der Waals surface area contributed by atoms with E-state index in [2.05, 4.69) is 10.6 Å². The van der Waals surface area contributed by atoms with Gasteiger partial charge in [-0.15, -0.1) is 0 Å². The van der Waals surface area contributed by atoms with Crippen molar-refractivity contribution in [3.8, 4) is 0 Å². The molecule has 0 radical (unpaired) electrons. The predicted molar refractivity (Wildman–Crippen MR) is 130 cm³/mol. The van der Waals surface area contributed by atoms with Crippen LogP contribution in [0.3, 0.4) is 0 Å². The third-order valence-corrected chi connectivity index (χ3v) is 6.80. The third-order valence-electron chi connectivity index (χ3n) is 4.51. The Labute approximate surface area is 202 Å². The molecule has 172 valence electrons. The van der Waals surface area contributed by atoms with Crippen LogP contribution in [0.1, 0.15) is 12.5 Å². The quantitative estimate of drug-likeness (QED) is 0.460. The first-order valence-electron chi connectivity index (χ1n) is 9.81. The highest BCUT2D eigenvalue weighted by Gasteiger charge is 2.27. The van der Waals surface area contributed by atoms with Crippen molar-refractivity contribution >= 4 is 56.4 Å². The summed E-state index contributed by atoms with van der Waals surface area (Å²) in [7, 11) is -4.01. The number of carbonyl (C=O) groups is 2. The van der Waals surface area contributed by atoms with E-state index < -0.39 is 22.5 Å². The van der Waals surface area contributed by atoms with Crippen molar-refractivity contribution < 1.29 is 18.0 Å². The molecule has 0 heterocycles. The molecule has 0 aliphatic rings. The van der Waals surface area contributed by atoms with E-state index in [4.69, 9.17) is 23.2 Å². The van der Waals surface area contributed by atoms with Crippen LogP contribution in [0.15, 0.2) is 77.7 Å². The topological polar surface area (TPSA) is 95.6 Å². The number of hydrogen-bond donors (Lipinski definition) is 2. The summed E-state index contributed by atoms with van der Waals surface area (Å²) >= 11 is 11.9. The molecule has 7 nitrogen and oxygen atoms in total. The number of amides is 2. The first kappa shape index (κ1) is 24.7. The average molecular weight is 506 g/mol. The van der Waals surface area contributed by atoms with Crippen LogP contribution in [0.5, 0.6) is 0 Å². The zero-order valence-electron chi connectivity index (χ0n) is 17.6. The highest BCUT2D eigenvalue weighted by Crippen LogP contribution is 2.22. The van der Waals surface area contributed by atoms with E-state index in [-0.39, 0.29) is 17.3 Å². The Balaban J connectivity index is 1.82. The van der Waals surface area contributed by atoms with E-state index in [1.54, 1.807) is 48.5 Å². The first-order chi connectivity index (χ1) is 15.6. The van der Waals surface area contributed by atoms with E-state index in [0.717, 1.165) is 4.31 Å².